The standard InChI is InChI=1S/C9H19NO2/c1-6(2)9(12)5-8(10-4)7(3)11/h6-8,10-11H,5H2,1-4H3. The number of carbonyl (C=O) groups excluding carboxylic acids is 1. The number of likely N-dealkylation sites (N-methyl/N-ethyl adjacent to an activating group) is 1. The molecule has 0 aliphatic heterocycles. The Balaban J connectivity index is 3.94. The largest absolute Gasteiger partial charge is 0.392 e. The van der Waals surface area contributed by atoms with E-state index in [1.54, 1.807) is 14.0 Å². The van der Waals surface area contributed by atoms with E-state index < -0.39 is 6.10 Å². The first-order chi connectivity index (χ1) is 5.49. The van der Waals surface area contributed by atoms with E-state index in [0.29, 0.717) is 6.42 Å². The molecule has 0 aromatic rings. The molecule has 12 heavy (non-hydrogen) atoms. The first kappa shape index (κ1) is 11.6. The van der Waals surface area contributed by atoms with Crippen molar-refractivity contribution in [3.63, 3.8) is 0 Å². The summed E-state index contributed by atoms with van der Waals surface area (Å²) in [5, 5.41) is 12.1. The molecule has 2 N–H and O–H groups in total. The van der Waals surface area contributed by atoms with Crippen LogP contribution in [0.15, 0.2) is 0 Å². The van der Waals surface area contributed by atoms with E-state index in [2.05, 4.69) is 5.32 Å². The van der Waals surface area contributed by atoms with Gasteiger partial charge in [-0.2, -0.15) is 0 Å². The zero-order chi connectivity index (χ0) is 9.72. The highest BCUT2D eigenvalue weighted by Gasteiger charge is 2.18. The molecule has 3 heteroatoms. The molecular weight excluding hydrogens is 154 g/mol. The van der Waals surface area contributed by atoms with Crippen LogP contribution in [0.25, 0.3) is 0 Å². The maximum Gasteiger partial charge on any atom is 0.137 e. The first-order valence-electron chi connectivity index (χ1n) is 4.37. The van der Waals surface area contributed by atoms with Crippen molar-refractivity contribution in [1.29, 1.82) is 0 Å². The molecule has 2 unspecified atom stereocenters. The molecule has 0 saturated heterocycles. The van der Waals surface area contributed by atoms with Gasteiger partial charge in [-0.15, -0.1) is 0 Å². The van der Waals surface area contributed by atoms with Crippen molar-refractivity contribution < 1.29 is 9.90 Å². The normalized spacial score (nSPS) is 16.2. The zero-order valence-corrected chi connectivity index (χ0v) is 8.29. The summed E-state index contributed by atoms with van der Waals surface area (Å²) in [7, 11) is 1.75. The lowest BCUT2D eigenvalue weighted by Crippen LogP contribution is -2.38. The SMILES string of the molecule is CNC(CC(=O)C(C)C)C(C)O. The van der Waals surface area contributed by atoms with E-state index in [4.69, 9.17) is 0 Å². The number of nitrogens with one attached hydrogen (secondary N) is 1. The van der Waals surface area contributed by atoms with Crippen LogP contribution >= 0.6 is 0 Å². The summed E-state index contributed by atoms with van der Waals surface area (Å²) < 4.78 is 0. The first-order valence-corrected chi connectivity index (χ1v) is 4.37. The van der Waals surface area contributed by atoms with Crippen molar-refractivity contribution in [3.8, 4) is 0 Å². The van der Waals surface area contributed by atoms with Gasteiger partial charge in [-0.3, -0.25) is 4.79 Å². The minimum Gasteiger partial charge on any atom is -0.392 e. The van der Waals surface area contributed by atoms with E-state index in [1.165, 1.54) is 0 Å². The maximum atomic E-state index is 11.3. The molecule has 0 aliphatic rings. The molecule has 0 aromatic carbocycles. The highest BCUT2D eigenvalue weighted by atomic mass is 16.3. The van der Waals surface area contributed by atoms with E-state index in [9.17, 15) is 9.90 Å². The Morgan fingerprint density at radius 1 is 1.42 bits per heavy atom. The zero-order valence-electron chi connectivity index (χ0n) is 8.29. The Bertz CT molecular complexity index is 143. The quantitative estimate of drug-likeness (QED) is 0.639. The maximum absolute atomic E-state index is 11.3. The van der Waals surface area contributed by atoms with E-state index >= 15 is 0 Å². The van der Waals surface area contributed by atoms with Gasteiger partial charge in [0.1, 0.15) is 5.78 Å². The second-order valence-corrected chi connectivity index (χ2v) is 3.46. The lowest BCUT2D eigenvalue weighted by Gasteiger charge is -2.19. The third kappa shape index (κ3) is 3.83. The summed E-state index contributed by atoms with van der Waals surface area (Å²) in [6, 6.07) is -0.111. The Morgan fingerprint density at radius 2 is 1.92 bits per heavy atom. The number of rotatable bonds is 5. The number of hydrogen-bond acceptors (Lipinski definition) is 3. The average Bonchev–Trinajstić information content (AvgIpc) is 1.98. The van der Waals surface area contributed by atoms with Crippen LogP contribution in [0.1, 0.15) is 27.2 Å². The van der Waals surface area contributed by atoms with Crippen LogP contribution in [0.3, 0.4) is 0 Å². The van der Waals surface area contributed by atoms with Gasteiger partial charge in [0.2, 0.25) is 0 Å². The second-order valence-electron chi connectivity index (χ2n) is 3.46. The molecule has 0 fully saturated rings. The van der Waals surface area contributed by atoms with Crippen molar-refractivity contribution in [2.75, 3.05) is 7.05 Å². The van der Waals surface area contributed by atoms with Crippen LogP contribution in [-0.4, -0.2) is 30.1 Å². The van der Waals surface area contributed by atoms with Crippen molar-refractivity contribution in [1.82, 2.24) is 5.32 Å². The van der Waals surface area contributed by atoms with Crippen LogP contribution in [0.5, 0.6) is 0 Å². The molecule has 2 atom stereocenters. The van der Waals surface area contributed by atoms with Crippen LogP contribution in [-0.2, 0) is 4.79 Å². The number of hydrogen-bond donors (Lipinski definition) is 2. The summed E-state index contributed by atoms with van der Waals surface area (Å²) in [5.41, 5.74) is 0. The van der Waals surface area contributed by atoms with Gasteiger partial charge in [-0.25, -0.2) is 0 Å². The third-order valence-electron chi connectivity index (χ3n) is 2.02. The molecule has 3 nitrogen and oxygen atoms in total. The number of carbonyl (C=O) groups is 1. The van der Waals surface area contributed by atoms with Gasteiger partial charge >= 0.3 is 0 Å². The van der Waals surface area contributed by atoms with Gasteiger partial charge in [-0.1, -0.05) is 13.8 Å². The van der Waals surface area contributed by atoms with Crippen LogP contribution in [0.4, 0.5) is 0 Å². The monoisotopic (exact) mass is 173 g/mol. The van der Waals surface area contributed by atoms with Gasteiger partial charge in [0.05, 0.1) is 6.10 Å². The summed E-state index contributed by atoms with van der Waals surface area (Å²) in [5.74, 6) is 0.245. The predicted octanol–water partition coefficient (Wildman–Crippen LogP) is 0.570. The smallest absolute Gasteiger partial charge is 0.137 e. The summed E-state index contributed by atoms with van der Waals surface area (Å²) >= 11 is 0. The Labute approximate surface area is 74.2 Å². The molecule has 0 heterocycles. The fourth-order valence-corrected chi connectivity index (χ4v) is 0.966. The van der Waals surface area contributed by atoms with E-state index in [-0.39, 0.29) is 17.7 Å². The summed E-state index contributed by atoms with van der Waals surface area (Å²) in [6.07, 6.45) is -0.0658. The molecule has 72 valence electrons. The van der Waals surface area contributed by atoms with E-state index in [1.807, 2.05) is 13.8 Å². The number of aliphatic hydroxyl groups is 1. The number of ketones is 1. The van der Waals surface area contributed by atoms with Gasteiger partial charge < -0.3 is 10.4 Å². The Hall–Kier alpha value is -0.410. The van der Waals surface area contributed by atoms with Crippen molar-refractivity contribution in [2.45, 2.75) is 39.3 Å². The minimum atomic E-state index is -0.474. The minimum absolute atomic E-state index is 0.0552. The predicted molar refractivity (Wildman–Crippen MR) is 49.0 cm³/mol. The summed E-state index contributed by atoms with van der Waals surface area (Å²) in [6.45, 7) is 5.43. The molecule has 0 rings (SSSR count). The highest BCUT2D eigenvalue weighted by Crippen LogP contribution is 2.05. The number of Topliss-reactive ketones (excluding diaryl/α,β-unsaturated/α-hetero) is 1. The van der Waals surface area contributed by atoms with Gasteiger partial charge in [0.25, 0.3) is 0 Å². The lowest BCUT2D eigenvalue weighted by molar-refractivity contribution is -0.123. The molecule has 0 saturated carbocycles. The molecule has 0 radical (unpaired) electrons. The Morgan fingerprint density at radius 3 is 2.17 bits per heavy atom. The lowest BCUT2D eigenvalue weighted by atomic mass is 9.99. The second kappa shape index (κ2) is 5.27. The van der Waals surface area contributed by atoms with Gasteiger partial charge in [-0.05, 0) is 14.0 Å². The van der Waals surface area contributed by atoms with Crippen molar-refractivity contribution >= 4 is 5.78 Å². The van der Waals surface area contributed by atoms with Crippen LogP contribution < -0.4 is 5.32 Å². The van der Waals surface area contributed by atoms with Crippen LogP contribution in [0.2, 0.25) is 0 Å². The molecular formula is C9H19NO2. The highest BCUT2D eigenvalue weighted by molar-refractivity contribution is 5.80. The number of aliphatic hydroxyl groups excluding tert-OH is 1. The Kier molecular flexibility index (Phi) is 5.09. The van der Waals surface area contributed by atoms with Crippen LogP contribution in [0, 0.1) is 5.92 Å². The molecule has 0 aromatic heterocycles. The van der Waals surface area contributed by atoms with Crippen molar-refractivity contribution in [2.24, 2.45) is 5.92 Å². The fraction of sp³-hybridized carbons (Fsp3) is 0.889. The molecule has 0 spiro atoms. The summed E-state index contributed by atoms with van der Waals surface area (Å²) in [4.78, 5) is 11.3. The molecule has 0 bridgehead atoms. The molecule has 0 aliphatic carbocycles. The fourth-order valence-electron chi connectivity index (χ4n) is 0.966. The van der Waals surface area contributed by atoms with Gasteiger partial charge in [0, 0.05) is 18.4 Å². The third-order valence-corrected chi connectivity index (χ3v) is 2.02. The molecule has 0 amide bonds. The average molecular weight is 173 g/mol. The van der Waals surface area contributed by atoms with Crippen molar-refractivity contribution in [3.05, 3.63) is 0 Å². The topological polar surface area (TPSA) is 49.3 Å². The van der Waals surface area contributed by atoms with Gasteiger partial charge in [0.15, 0.2) is 0 Å². The van der Waals surface area contributed by atoms with E-state index in [0.717, 1.165) is 0 Å².